The highest BCUT2D eigenvalue weighted by Gasteiger charge is 2.27. The molecule has 0 saturated carbocycles. The average molecular weight is 486 g/mol. The quantitative estimate of drug-likeness (QED) is 0.420. The first kappa shape index (κ1) is 23.3. The Morgan fingerprint density at radius 3 is 2.64 bits per heavy atom. The van der Waals surface area contributed by atoms with E-state index in [9.17, 15) is 14.9 Å². The maximum Gasteiger partial charge on any atom is 0.293 e. The molecule has 1 unspecified atom stereocenters. The minimum atomic E-state index is -0.400. The number of anilines is 2. The standard InChI is InChI=1S/C25H27N9O2/c1-31-23(35)21-22(24(36)34(31)15-19-9-4-10-20(28)29-19)33(13-17-7-3-2-6-16(17)12-26)25(30-21)32-11-5-8-18(27)14-32/h2-4,6-7,9-10,18H,5,8,11,13-15,27H2,1H3,(H2,28,29). The monoisotopic (exact) mass is 485 g/mol. The van der Waals surface area contributed by atoms with Gasteiger partial charge < -0.3 is 20.9 Å². The molecule has 0 aliphatic carbocycles. The predicted octanol–water partition coefficient (Wildman–Crippen LogP) is 0.770. The van der Waals surface area contributed by atoms with Gasteiger partial charge in [-0.05, 0) is 36.6 Å². The lowest BCUT2D eigenvalue weighted by atomic mass is 10.1. The summed E-state index contributed by atoms with van der Waals surface area (Å²) in [4.78, 5) is 38.3. The maximum atomic E-state index is 13.9. The third-order valence-electron chi connectivity index (χ3n) is 6.59. The minimum Gasteiger partial charge on any atom is -0.384 e. The number of rotatable bonds is 5. The van der Waals surface area contributed by atoms with Crippen LogP contribution in [0.3, 0.4) is 0 Å². The number of hydrogen-bond acceptors (Lipinski definition) is 8. The summed E-state index contributed by atoms with van der Waals surface area (Å²) in [5, 5.41) is 9.64. The zero-order valence-corrected chi connectivity index (χ0v) is 20.0. The van der Waals surface area contributed by atoms with Crippen molar-refractivity contribution in [2.45, 2.75) is 32.0 Å². The number of fused-ring (bicyclic) bond motifs is 1. The molecule has 1 aliphatic rings. The normalized spacial score (nSPS) is 15.8. The summed E-state index contributed by atoms with van der Waals surface area (Å²) in [6.07, 6.45) is 1.78. The summed E-state index contributed by atoms with van der Waals surface area (Å²) in [7, 11) is 1.54. The Hall–Kier alpha value is -4.43. The lowest BCUT2D eigenvalue weighted by Crippen LogP contribution is -2.44. The van der Waals surface area contributed by atoms with E-state index < -0.39 is 5.56 Å². The van der Waals surface area contributed by atoms with Crippen molar-refractivity contribution in [3.63, 3.8) is 0 Å². The Morgan fingerprint density at radius 1 is 1.08 bits per heavy atom. The highest BCUT2D eigenvalue weighted by atomic mass is 16.2. The lowest BCUT2D eigenvalue weighted by molar-refractivity contribution is 0.493. The van der Waals surface area contributed by atoms with Crippen molar-refractivity contribution in [1.29, 1.82) is 5.26 Å². The molecule has 1 aliphatic heterocycles. The number of piperidine rings is 1. The summed E-state index contributed by atoms with van der Waals surface area (Å²) in [6, 6.07) is 14.5. The van der Waals surface area contributed by atoms with E-state index in [0.717, 1.165) is 18.4 Å². The second kappa shape index (κ2) is 9.31. The van der Waals surface area contributed by atoms with Gasteiger partial charge >= 0.3 is 0 Å². The SMILES string of the molecule is Cn1c(=O)c2nc(N3CCCC(N)C3)n(Cc3ccccc3C#N)c2c(=O)n1Cc1cccc(N)n1. The summed E-state index contributed by atoms with van der Waals surface area (Å²) >= 11 is 0. The fraction of sp³-hybridized carbons (Fsp3) is 0.320. The molecule has 1 aromatic carbocycles. The molecule has 4 N–H and O–H groups in total. The van der Waals surface area contributed by atoms with Crippen molar-refractivity contribution in [2.24, 2.45) is 12.8 Å². The number of benzene rings is 1. The molecule has 0 bridgehead atoms. The van der Waals surface area contributed by atoms with Crippen molar-refractivity contribution < 1.29 is 0 Å². The van der Waals surface area contributed by atoms with Gasteiger partial charge in [-0.15, -0.1) is 0 Å². The van der Waals surface area contributed by atoms with Crippen LogP contribution in [-0.2, 0) is 20.1 Å². The second-order valence-corrected chi connectivity index (χ2v) is 9.06. The van der Waals surface area contributed by atoms with E-state index in [4.69, 9.17) is 11.5 Å². The number of aromatic nitrogens is 5. The van der Waals surface area contributed by atoms with Crippen LogP contribution in [0.5, 0.6) is 0 Å². The molecule has 3 aromatic heterocycles. The van der Waals surface area contributed by atoms with Gasteiger partial charge in [-0.3, -0.25) is 9.59 Å². The fourth-order valence-corrected chi connectivity index (χ4v) is 4.77. The van der Waals surface area contributed by atoms with Crippen LogP contribution < -0.4 is 27.5 Å². The van der Waals surface area contributed by atoms with E-state index >= 15 is 0 Å². The summed E-state index contributed by atoms with van der Waals surface area (Å²) in [5.41, 5.74) is 13.3. The van der Waals surface area contributed by atoms with Crippen LogP contribution >= 0.6 is 0 Å². The van der Waals surface area contributed by atoms with Crippen LogP contribution in [0.15, 0.2) is 52.1 Å². The smallest absolute Gasteiger partial charge is 0.293 e. The number of imidazole rings is 1. The van der Waals surface area contributed by atoms with Crippen molar-refractivity contribution in [3.05, 3.63) is 80.0 Å². The van der Waals surface area contributed by atoms with E-state index in [1.807, 2.05) is 17.0 Å². The Labute approximate surface area is 206 Å². The Bertz CT molecular complexity index is 1610. The zero-order valence-electron chi connectivity index (χ0n) is 20.0. The molecule has 4 aromatic rings. The van der Waals surface area contributed by atoms with E-state index in [-0.39, 0.29) is 35.7 Å². The first-order valence-corrected chi connectivity index (χ1v) is 11.8. The molecule has 0 radical (unpaired) electrons. The van der Waals surface area contributed by atoms with Crippen LogP contribution in [0, 0.1) is 11.3 Å². The van der Waals surface area contributed by atoms with Gasteiger partial charge in [0.2, 0.25) is 5.95 Å². The van der Waals surface area contributed by atoms with Crippen LogP contribution in [-0.4, -0.2) is 43.0 Å². The summed E-state index contributed by atoms with van der Waals surface area (Å²) < 4.78 is 4.35. The van der Waals surface area contributed by atoms with Gasteiger partial charge in [0, 0.05) is 26.2 Å². The Morgan fingerprint density at radius 2 is 1.89 bits per heavy atom. The van der Waals surface area contributed by atoms with Gasteiger partial charge in [-0.25, -0.2) is 19.3 Å². The molecule has 36 heavy (non-hydrogen) atoms. The summed E-state index contributed by atoms with van der Waals surface area (Å²) in [5.74, 6) is 0.829. The molecular formula is C25H27N9O2. The van der Waals surface area contributed by atoms with E-state index in [2.05, 4.69) is 16.0 Å². The van der Waals surface area contributed by atoms with Gasteiger partial charge in [-0.1, -0.05) is 24.3 Å². The molecule has 0 amide bonds. The molecule has 5 rings (SSSR count). The number of nitriles is 1. The van der Waals surface area contributed by atoms with Crippen molar-refractivity contribution in [3.8, 4) is 6.07 Å². The van der Waals surface area contributed by atoms with Gasteiger partial charge in [0.25, 0.3) is 11.1 Å². The first-order valence-electron chi connectivity index (χ1n) is 11.8. The van der Waals surface area contributed by atoms with Gasteiger partial charge in [0.15, 0.2) is 5.52 Å². The van der Waals surface area contributed by atoms with E-state index in [0.29, 0.717) is 36.1 Å². The number of hydrogen-bond donors (Lipinski definition) is 2. The van der Waals surface area contributed by atoms with Crippen LogP contribution in [0.25, 0.3) is 11.0 Å². The minimum absolute atomic E-state index is 0.0347. The Kier molecular flexibility index (Phi) is 6.03. The van der Waals surface area contributed by atoms with Crippen LogP contribution in [0.4, 0.5) is 11.8 Å². The van der Waals surface area contributed by atoms with Crippen molar-refractivity contribution in [2.75, 3.05) is 23.7 Å². The van der Waals surface area contributed by atoms with Crippen LogP contribution in [0.1, 0.15) is 29.7 Å². The fourth-order valence-electron chi connectivity index (χ4n) is 4.77. The number of pyridine rings is 1. The molecule has 184 valence electrons. The van der Waals surface area contributed by atoms with Gasteiger partial charge in [0.05, 0.1) is 30.4 Å². The van der Waals surface area contributed by atoms with Gasteiger partial charge in [0.1, 0.15) is 11.3 Å². The summed E-state index contributed by atoms with van der Waals surface area (Å²) in [6.45, 7) is 1.54. The van der Waals surface area contributed by atoms with E-state index in [1.54, 1.807) is 34.9 Å². The molecule has 11 heteroatoms. The van der Waals surface area contributed by atoms with Crippen LogP contribution in [0.2, 0.25) is 0 Å². The largest absolute Gasteiger partial charge is 0.384 e. The third kappa shape index (κ3) is 4.12. The zero-order chi connectivity index (χ0) is 25.4. The number of nitrogens with two attached hydrogens (primary N) is 2. The second-order valence-electron chi connectivity index (χ2n) is 9.06. The lowest BCUT2D eigenvalue weighted by Gasteiger charge is -2.32. The highest BCUT2D eigenvalue weighted by molar-refractivity contribution is 5.77. The molecule has 1 fully saturated rings. The van der Waals surface area contributed by atoms with E-state index in [1.165, 1.54) is 16.4 Å². The number of nitrogens with zero attached hydrogens (tertiary/aromatic N) is 7. The molecular weight excluding hydrogens is 458 g/mol. The highest BCUT2D eigenvalue weighted by Crippen LogP contribution is 2.24. The number of nitrogen functional groups attached to an aromatic ring is 1. The topological polar surface area (TPSA) is 154 Å². The third-order valence-corrected chi connectivity index (χ3v) is 6.59. The molecule has 4 heterocycles. The van der Waals surface area contributed by atoms with Crippen molar-refractivity contribution >= 4 is 22.8 Å². The molecule has 1 atom stereocenters. The van der Waals surface area contributed by atoms with Gasteiger partial charge in [-0.2, -0.15) is 5.26 Å². The predicted molar refractivity (Wildman–Crippen MR) is 137 cm³/mol. The molecule has 11 nitrogen and oxygen atoms in total. The average Bonchev–Trinajstić information content (AvgIpc) is 3.25. The van der Waals surface area contributed by atoms with Crippen molar-refractivity contribution in [1.82, 2.24) is 23.9 Å². The molecule has 1 saturated heterocycles. The molecule has 0 spiro atoms. The first-order chi connectivity index (χ1) is 17.4. The maximum absolute atomic E-state index is 13.9. The Balaban J connectivity index is 1.74.